The van der Waals surface area contributed by atoms with Crippen LogP contribution in [0.1, 0.15) is 56.4 Å². The highest BCUT2D eigenvalue weighted by molar-refractivity contribution is 5.76. The van der Waals surface area contributed by atoms with E-state index in [0.717, 1.165) is 19.0 Å². The van der Waals surface area contributed by atoms with Crippen molar-refractivity contribution in [2.75, 3.05) is 5.54 Å². The van der Waals surface area contributed by atoms with Crippen molar-refractivity contribution in [1.82, 2.24) is 9.97 Å². The zero-order valence-electron chi connectivity index (χ0n) is 15.1. The molecule has 1 aromatic heterocycles. The Morgan fingerprint density at radius 1 is 1.15 bits per heavy atom. The van der Waals surface area contributed by atoms with E-state index < -0.39 is 5.82 Å². The number of anilines is 1. The van der Waals surface area contributed by atoms with Crippen molar-refractivity contribution in [3.63, 3.8) is 0 Å². The molecule has 0 bridgehead atoms. The van der Waals surface area contributed by atoms with Gasteiger partial charge in [-0.1, -0.05) is 37.5 Å². The van der Waals surface area contributed by atoms with Crippen molar-refractivity contribution in [2.45, 2.75) is 50.9 Å². The van der Waals surface area contributed by atoms with Crippen LogP contribution in [-0.2, 0) is 4.79 Å². The van der Waals surface area contributed by atoms with E-state index in [4.69, 9.17) is 5.73 Å². The van der Waals surface area contributed by atoms with Crippen molar-refractivity contribution in [2.24, 2.45) is 11.7 Å². The number of amides is 1. The normalized spacial score (nSPS) is 17.0. The van der Waals surface area contributed by atoms with Crippen LogP contribution in [0.15, 0.2) is 30.5 Å². The number of benzene rings is 1. The molecule has 1 aromatic carbocycles. The van der Waals surface area contributed by atoms with Crippen molar-refractivity contribution in [3.8, 4) is 11.3 Å². The Hall–Kier alpha value is -2.57. The topological polar surface area (TPSA) is 80.9 Å². The largest absolute Gasteiger partial charge is 0.369 e. The molecule has 2 saturated carbocycles. The molecule has 2 aliphatic carbocycles. The van der Waals surface area contributed by atoms with Gasteiger partial charge in [0.05, 0.1) is 6.20 Å². The van der Waals surface area contributed by atoms with Gasteiger partial charge in [0.1, 0.15) is 5.69 Å². The fourth-order valence-electron chi connectivity index (χ4n) is 3.36. The number of carbonyl (C=O) groups is 1. The van der Waals surface area contributed by atoms with Crippen LogP contribution >= 0.6 is 0 Å². The summed E-state index contributed by atoms with van der Waals surface area (Å²) in [4.78, 5) is 17.9. The predicted molar refractivity (Wildman–Crippen MR) is 99.9 cm³/mol. The van der Waals surface area contributed by atoms with Gasteiger partial charge in [-0.05, 0) is 43.2 Å². The molecule has 2 aromatic rings. The lowest BCUT2D eigenvalue weighted by Crippen LogP contribution is -2.24. The Bertz CT molecular complexity index is 789. The first-order valence-corrected chi connectivity index (χ1v) is 9.37. The smallest absolute Gasteiger partial charge is 0.252 e. The van der Waals surface area contributed by atoms with Crippen LogP contribution in [0.2, 0.25) is 0 Å². The Kier molecular flexibility index (Phi) is 6.32. The van der Waals surface area contributed by atoms with Gasteiger partial charge in [0.2, 0.25) is 5.91 Å². The maximum atomic E-state index is 13.7. The van der Waals surface area contributed by atoms with E-state index in [1.165, 1.54) is 43.2 Å². The Labute approximate surface area is 157 Å². The molecular weight excluding hydrogens is 350 g/mol. The van der Waals surface area contributed by atoms with Gasteiger partial charge in [0.15, 0.2) is 5.82 Å². The van der Waals surface area contributed by atoms with Crippen LogP contribution in [0.4, 0.5) is 14.8 Å². The quantitative estimate of drug-likeness (QED) is 0.772. The first kappa shape index (κ1) is 19.2. The summed E-state index contributed by atoms with van der Waals surface area (Å²) >= 11 is 0. The minimum absolute atomic E-state index is 0.102. The summed E-state index contributed by atoms with van der Waals surface area (Å²) in [7, 11) is 0. The van der Waals surface area contributed by atoms with Crippen LogP contribution in [0, 0.1) is 11.7 Å². The van der Waals surface area contributed by atoms with Crippen molar-refractivity contribution >= 4 is 11.9 Å². The second-order valence-corrected chi connectivity index (χ2v) is 7.12. The second-order valence-electron chi connectivity index (χ2n) is 7.12. The van der Waals surface area contributed by atoms with Gasteiger partial charge in [-0.3, -0.25) is 4.79 Å². The van der Waals surface area contributed by atoms with Crippen LogP contribution in [0.5, 0.6) is 0 Å². The third kappa shape index (κ3) is 5.21. The van der Waals surface area contributed by atoms with E-state index in [2.05, 4.69) is 9.97 Å². The van der Waals surface area contributed by atoms with E-state index in [0.29, 0.717) is 11.5 Å². The van der Waals surface area contributed by atoms with Crippen molar-refractivity contribution < 1.29 is 13.7 Å². The number of aromatic nitrogens is 2. The van der Waals surface area contributed by atoms with Gasteiger partial charge in [0, 0.05) is 11.5 Å². The van der Waals surface area contributed by atoms with Crippen LogP contribution in [0.3, 0.4) is 0 Å². The number of nitrogens with one attached hydrogen (secondary N) is 1. The molecule has 5 nitrogen and oxygen atoms in total. The molecule has 2 fully saturated rings. The summed E-state index contributed by atoms with van der Waals surface area (Å²) in [6.07, 6.45) is 9.02. The Balaban J connectivity index is 0.000000197. The zero-order valence-corrected chi connectivity index (χ0v) is 15.1. The number of nitrogens with zero attached hydrogens (tertiary/aromatic N) is 2. The molecule has 27 heavy (non-hydrogen) atoms. The van der Waals surface area contributed by atoms with E-state index in [1.54, 1.807) is 6.07 Å². The van der Waals surface area contributed by atoms with E-state index in [9.17, 15) is 13.7 Å². The standard InChI is InChI=1S/C13H11F2N3.C7H13NO/c14-11-7-16-13(18-15)17-12(11)10-3-1-2-9(6-10)8-4-5-8;8-7(9)6-4-2-1-3-5-6/h1-3,6-8H,4-5H2,(H,16,17,18);6H,1-5H2,(H2,8,9). The average molecular weight is 374 g/mol. The predicted octanol–water partition coefficient (Wildman–Crippen LogP) is 4.51. The van der Waals surface area contributed by atoms with Gasteiger partial charge < -0.3 is 5.73 Å². The van der Waals surface area contributed by atoms with Crippen LogP contribution < -0.4 is 11.3 Å². The van der Waals surface area contributed by atoms with Gasteiger partial charge in [0.25, 0.3) is 5.95 Å². The molecule has 0 unspecified atom stereocenters. The molecule has 4 rings (SSSR count). The Morgan fingerprint density at radius 2 is 1.89 bits per heavy atom. The van der Waals surface area contributed by atoms with Gasteiger partial charge in [-0.2, -0.15) is 5.54 Å². The molecule has 0 radical (unpaired) electrons. The molecule has 0 spiro atoms. The zero-order chi connectivity index (χ0) is 19.2. The molecule has 0 saturated heterocycles. The van der Waals surface area contributed by atoms with Gasteiger partial charge >= 0.3 is 0 Å². The lowest BCUT2D eigenvalue weighted by Gasteiger charge is -2.17. The highest BCUT2D eigenvalue weighted by Gasteiger charge is 2.24. The fraction of sp³-hybridized carbons (Fsp3) is 0.450. The fourth-order valence-corrected chi connectivity index (χ4v) is 3.36. The summed E-state index contributed by atoms with van der Waals surface area (Å²) < 4.78 is 25.9. The van der Waals surface area contributed by atoms with E-state index in [-0.39, 0.29) is 23.5 Å². The molecule has 0 aliphatic heterocycles. The number of halogens is 2. The molecule has 3 N–H and O–H groups in total. The minimum atomic E-state index is -0.554. The monoisotopic (exact) mass is 374 g/mol. The van der Waals surface area contributed by atoms with Crippen molar-refractivity contribution in [3.05, 3.63) is 41.8 Å². The maximum absolute atomic E-state index is 13.7. The summed E-state index contributed by atoms with van der Waals surface area (Å²) in [6.45, 7) is 0. The highest BCUT2D eigenvalue weighted by Crippen LogP contribution is 2.41. The first-order valence-electron chi connectivity index (χ1n) is 9.37. The number of primary amides is 1. The Morgan fingerprint density at radius 3 is 2.48 bits per heavy atom. The third-order valence-corrected chi connectivity index (χ3v) is 5.04. The second kappa shape index (κ2) is 8.88. The molecule has 1 amide bonds. The highest BCUT2D eigenvalue weighted by atomic mass is 19.2. The van der Waals surface area contributed by atoms with Crippen LogP contribution in [0.25, 0.3) is 11.3 Å². The maximum Gasteiger partial charge on any atom is 0.252 e. The number of hydrogen-bond donors (Lipinski definition) is 2. The SMILES string of the molecule is FNc1ncc(F)c(-c2cccc(C3CC3)c2)n1.NC(=O)C1CCCCC1. The summed E-state index contributed by atoms with van der Waals surface area (Å²) in [6, 6.07) is 7.56. The summed E-state index contributed by atoms with van der Waals surface area (Å²) in [5.74, 6) is -0.118. The first-order chi connectivity index (χ1) is 13.1. The molecule has 144 valence electrons. The van der Waals surface area contributed by atoms with Crippen LogP contribution in [-0.4, -0.2) is 15.9 Å². The summed E-state index contributed by atoms with van der Waals surface area (Å²) in [5, 5.41) is 0. The summed E-state index contributed by atoms with van der Waals surface area (Å²) in [5.41, 5.74) is 8.40. The minimum Gasteiger partial charge on any atom is -0.369 e. The molecular formula is C20H24F2N4O. The lowest BCUT2D eigenvalue weighted by atomic mass is 9.89. The van der Waals surface area contributed by atoms with E-state index in [1.807, 2.05) is 18.2 Å². The third-order valence-electron chi connectivity index (χ3n) is 5.04. The number of rotatable bonds is 4. The van der Waals surface area contributed by atoms with Gasteiger partial charge in [-0.15, -0.1) is 4.48 Å². The molecule has 0 atom stereocenters. The molecule has 1 heterocycles. The average Bonchev–Trinajstić information content (AvgIpc) is 3.55. The number of carbonyl (C=O) groups excluding carboxylic acids is 1. The molecule has 7 heteroatoms. The van der Waals surface area contributed by atoms with Crippen molar-refractivity contribution in [1.29, 1.82) is 0 Å². The van der Waals surface area contributed by atoms with Gasteiger partial charge in [-0.25, -0.2) is 14.4 Å². The number of hydrogen-bond acceptors (Lipinski definition) is 4. The molecule has 2 aliphatic rings. The van der Waals surface area contributed by atoms with E-state index >= 15 is 0 Å². The number of nitrogens with two attached hydrogens (primary N) is 1. The lowest BCUT2D eigenvalue weighted by molar-refractivity contribution is -0.122.